The molecule has 2 saturated carbocycles. The van der Waals surface area contributed by atoms with Gasteiger partial charge in [0.25, 0.3) is 6.71 Å². The van der Waals surface area contributed by atoms with Crippen molar-refractivity contribution in [2.24, 2.45) is 0 Å². The van der Waals surface area contributed by atoms with Crippen molar-refractivity contribution >= 4 is 94.4 Å². The van der Waals surface area contributed by atoms with Crippen molar-refractivity contribution in [3.63, 3.8) is 0 Å². The molecule has 6 aromatic carbocycles. The lowest BCUT2D eigenvalue weighted by Crippen LogP contribution is -2.64. The fourth-order valence-electron chi connectivity index (χ4n) is 15.9. The summed E-state index contributed by atoms with van der Waals surface area (Å²) in [5, 5.41) is 2.70. The maximum Gasteiger partial charge on any atom is 0.252 e. The third-order valence-electron chi connectivity index (χ3n) is 20.0. The molecular formula is C61H64BN3S. The Hall–Kier alpha value is -5.00. The highest BCUT2D eigenvalue weighted by atomic mass is 32.1. The zero-order valence-electron chi connectivity index (χ0n) is 40.7. The van der Waals surface area contributed by atoms with Crippen LogP contribution in [0.25, 0.3) is 20.2 Å². The Morgan fingerprint density at radius 1 is 0.470 bits per heavy atom. The predicted molar refractivity (Wildman–Crippen MR) is 284 cm³/mol. The summed E-state index contributed by atoms with van der Waals surface area (Å²) < 4.78 is 2.71. The minimum atomic E-state index is -0.0531. The summed E-state index contributed by atoms with van der Waals surface area (Å²) in [6.07, 6.45) is 12.5. The first-order chi connectivity index (χ1) is 31.6. The fraction of sp³-hybridized carbons (Fsp3) is 0.410. The second kappa shape index (κ2) is 12.8. The van der Waals surface area contributed by atoms with Gasteiger partial charge in [0.2, 0.25) is 0 Å². The maximum atomic E-state index is 2.88. The van der Waals surface area contributed by atoms with E-state index >= 15 is 0 Å². The van der Waals surface area contributed by atoms with E-state index in [0.717, 1.165) is 0 Å². The van der Waals surface area contributed by atoms with Crippen LogP contribution in [-0.2, 0) is 21.7 Å². The number of benzene rings is 6. The van der Waals surface area contributed by atoms with Crippen LogP contribution in [0, 0.1) is 6.92 Å². The van der Waals surface area contributed by atoms with E-state index in [-0.39, 0.29) is 39.5 Å². The molecule has 3 nitrogen and oxygen atoms in total. The standard InChI is InChI=1S/C61H64BN3S/c1-37-31-50-54-51(32-37)65-55-42(58(6)25-12-15-28-61(58,65)9)18-16-19-47(55)62(54)46-23-21-39(34-49(46)63(50)38-22-24-53-41(33-38)40-17-10-11-20-52(40)66-53)64-48-36-44-43(56(2,3)29-30-57(44,4)5)35-45(48)59(7)26-13-14-27-60(59,64)8/h10-11,16-24,31-36H,12-15,25-30H2,1-9H3. The fourth-order valence-corrected chi connectivity index (χ4v) is 17.0. The van der Waals surface area contributed by atoms with Crippen LogP contribution in [-0.4, -0.2) is 17.8 Å². The topological polar surface area (TPSA) is 9.72 Å². The Labute approximate surface area is 397 Å². The van der Waals surface area contributed by atoms with Gasteiger partial charge in [0.05, 0.1) is 11.1 Å². The first-order valence-corrected chi connectivity index (χ1v) is 26.3. The monoisotopic (exact) mass is 881 g/mol. The van der Waals surface area contributed by atoms with E-state index in [4.69, 9.17) is 0 Å². The van der Waals surface area contributed by atoms with Crippen LogP contribution in [0.2, 0.25) is 0 Å². The maximum absolute atomic E-state index is 2.88. The number of hydrogen-bond donors (Lipinski definition) is 0. The van der Waals surface area contributed by atoms with E-state index in [1.54, 1.807) is 22.3 Å². The molecule has 5 heteroatoms. The van der Waals surface area contributed by atoms with Gasteiger partial charge in [-0.2, -0.15) is 0 Å². The number of rotatable bonds is 2. The quantitative estimate of drug-likeness (QED) is 0.160. The zero-order chi connectivity index (χ0) is 45.1. The third-order valence-corrected chi connectivity index (χ3v) is 21.2. The molecule has 1 aromatic heterocycles. The molecule has 7 aromatic rings. The number of hydrogen-bond acceptors (Lipinski definition) is 4. The van der Waals surface area contributed by atoms with E-state index in [1.165, 1.54) is 146 Å². The highest BCUT2D eigenvalue weighted by Gasteiger charge is 2.62. The number of aryl methyl sites for hydroxylation is 1. The van der Waals surface area contributed by atoms with Gasteiger partial charge in [-0.25, -0.2) is 0 Å². The molecule has 14 rings (SSSR count). The molecule has 5 heterocycles. The summed E-state index contributed by atoms with van der Waals surface area (Å²) in [6.45, 7) is 23.0. The number of thiophene rings is 1. The molecule has 0 amide bonds. The molecule has 0 N–H and O–H groups in total. The molecule has 66 heavy (non-hydrogen) atoms. The number of para-hydroxylation sites is 1. The van der Waals surface area contributed by atoms with E-state index in [9.17, 15) is 0 Å². The van der Waals surface area contributed by atoms with Gasteiger partial charge in [-0.1, -0.05) is 116 Å². The van der Waals surface area contributed by atoms with Gasteiger partial charge < -0.3 is 14.7 Å². The van der Waals surface area contributed by atoms with Gasteiger partial charge in [-0.3, -0.25) is 0 Å². The molecule has 332 valence electrons. The van der Waals surface area contributed by atoms with Crippen molar-refractivity contribution < 1.29 is 0 Å². The zero-order valence-corrected chi connectivity index (χ0v) is 41.5. The molecule has 2 fully saturated rings. The second-order valence-electron chi connectivity index (χ2n) is 24.2. The molecule has 0 bridgehead atoms. The summed E-state index contributed by atoms with van der Waals surface area (Å²) in [6, 6.07) is 42.1. The lowest BCUT2D eigenvalue weighted by atomic mass is 9.33. The molecule has 3 aliphatic carbocycles. The van der Waals surface area contributed by atoms with Crippen LogP contribution in [0.4, 0.5) is 39.8 Å². The molecule has 4 aliphatic heterocycles. The summed E-state index contributed by atoms with van der Waals surface area (Å²) >= 11 is 1.92. The van der Waals surface area contributed by atoms with Crippen molar-refractivity contribution in [2.45, 2.75) is 159 Å². The number of anilines is 7. The number of fused-ring (bicyclic) bond motifs is 14. The van der Waals surface area contributed by atoms with Crippen LogP contribution in [0.1, 0.15) is 147 Å². The van der Waals surface area contributed by atoms with Crippen LogP contribution in [0.15, 0.2) is 103 Å². The molecule has 4 atom stereocenters. The van der Waals surface area contributed by atoms with Crippen LogP contribution < -0.4 is 31.1 Å². The van der Waals surface area contributed by atoms with Gasteiger partial charge in [-0.05, 0) is 169 Å². The van der Waals surface area contributed by atoms with Gasteiger partial charge in [0.1, 0.15) is 0 Å². The van der Waals surface area contributed by atoms with Crippen LogP contribution >= 0.6 is 11.3 Å². The van der Waals surface area contributed by atoms with Crippen LogP contribution in [0.3, 0.4) is 0 Å². The summed E-state index contributed by atoms with van der Waals surface area (Å²) in [4.78, 5) is 8.46. The van der Waals surface area contributed by atoms with Crippen molar-refractivity contribution in [2.75, 3.05) is 14.7 Å². The van der Waals surface area contributed by atoms with Gasteiger partial charge >= 0.3 is 0 Å². The molecule has 0 saturated heterocycles. The summed E-state index contributed by atoms with van der Waals surface area (Å²) in [5.41, 5.74) is 22.1. The van der Waals surface area contributed by atoms with Crippen molar-refractivity contribution in [3.8, 4) is 0 Å². The highest BCUT2D eigenvalue weighted by Crippen LogP contribution is 2.65. The van der Waals surface area contributed by atoms with Crippen molar-refractivity contribution in [1.82, 2.24) is 0 Å². The third kappa shape index (κ3) is 4.72. The molecular weight excluding hydrogens is 818 g/mol. The minimum Gasteiger partial charge on any atom is -0.335 e. The van der Waals surface area contributed by atoms with E-state index in [0.29, 0.717) is 0 Å². The Balaban J connectivity index is 1.05. The van der Waals surface area contributed by atoms with Gasteiger partial charge in [0, 0.05) is 70.8 Å². The van der Waals surface area contributed by atoms with E-state index < -0.39 is 0 Å². The van der Waals surface area contributed by atoms with Crippen molar-refractivity contribution in [1.29, 1.82) is 0 Å². The van der Waals surface area contributed by atoms with Gasteiger partial charge in [-0.15, -0.1) is 11.3 Å². The Morgan fingerprint density at radius 3 is 1.89 bits per heavy atom. The predicted octanol–water partition coefficient (Wildman–Crippen LogP) is 14.8. The number of nitrogens with zero attached hydrogens (tertiary/aromatic N) is 3. The first-order valence-electron chi connectivity index (χ1n) is 25.5. The molecule has 0 radical (unpaired) electrons. The van der Waals surface area contributed by atoms with Crippen LogP contribution in [0.5, 0.6) is 0 Å². The largest absolute Gasteiger partial charge is 0.335 e. The first kappa shape index (κ1) is 40.1. The molecule has 0 spiro atoms. The molecule has 4 unspecified atom stereocenters. The van der Waals surface area contributed by atoms with Gasteiger partial charge in [0.15, 0.2) is 0 Å². The van der Waals surface area contributed by atoms with Crippen molar-refractivity contribution in [3.05, 3.63) is 131 Å². The smallest absolute Gasteiger partial charge is 0.252 e. The Morgan fingerprint density at radius 2 is 1.12 bits per heavy atom. The van der Waals surface area contributed by atoms with E-state index in [2.05, 4.69) is 180 Å². The average Bonchev–Trinajstić information content (AvgIpc) is 3.85. The highest BCUT2D eigenvalue weighted by molar-refractivity contribution is 7.25. The SMILES string of the molecule is Cc1cc2c3c(c1)N1c4c(cccc4C4(C)CCCCC14C)B3c1ccc(N3c4cc5c(cc4C4(C)CCCCC34C)C(C)(C)CCC5(C)C)cc1N2c1ccc2sc3ccccc3c2c1. The normalized spacial score (nSPS) is 28.1. The lowest BCUT2D eigenvalue weighted by Gasteiger charge is -2.53. The lowest BCUT2D eigenvalue weighted by molar-refractivity contribution is 0.194. The summed E-state index contributed by atoms with van der Waals surface area (Å²) in [5.74, 6) is 0. The second-order valence-corrected chi connectivity index (χ2v) is 25.3. The van der Waals surface area contributed by atoms with E-state index in [1.807, 2.05) is 11.3 Å². The average molecular weight is 882 g/mol. The Kier molecular flexibility index (Phi) is 7.75. The Bertz CT molecular complexity index is 3300. The molecule has 7 aliphatic rings. The summed E-state index contributed by atoms with van der Waals surface area (Å²) in [7, 11) is 0. The minimum absolute atomic E-state index is 0.00783.